The van der Waals surface area contributed by atoms with E-state index < -0.39 is 24.2 Å². The highest BCUT2D eigenvalue weighted by Crippen LogP contribution is 2.38. The van der Waals surface area contributed by atoms with E-state index in [0.29, 0.717) is 25.8 Å². The van der Waals surface area contributed by atoms with Gasteiger partial charge in [0.05, 0.1) is 12.0 Å². The number of alkyl halides is 3. The standard InChI is InChI=1S/C12H19F3N2O/c13-12(14,15)8-4-1-2-5-9(8)17-10-6-3-7-16-11(10)18/h8-10,17H,1-7H2,(H,16,18). The summed E-state index contributed by atoms with van der Waals surface area (Å²) in [6.45, 7) is 0.629. The van der Waals surface area contributed by atoms with Crippen molar-refractivity contribution in [3.63, 3.8) is 0 Å². The molecular formula is C12H19F3N2O. The molecule has 0 aromatic carbocycles. The van der Waals surface area contributed by atoms with Gasteiger partial charge in [-0.3, -0.25) is 4.79 Å². The van der Waals surface area contributed by atoms with Crippen molar-refractivity contribution in [1.82, 2.24) is 10.6 Å². The Morgan fingerprint density at radius 2 is 1.83 bits per heavy atom. The van der Waals surface area contributed by atoms with Crippen LogP contribution in [0.5, 0.6) is 0 Å². The van der Waals surface area contributed by atoms with E-state index in [1.807, 2.05) is 0 Å². The summed E-state index contributed by atoms with van der Waals surface area (Å²) >= 11 is 0. The van der Waals surface area contributed by atoms with Gasteiger partial charge in [-0.15, -0.1) is 0 Å². The van der Waals surface area contributed by atoms with Crippen LogP contribution in [-0.2, 0) is 4.79 Å². The van der Waals surface area contributed by atoms with Gasteiger partial charge in [0.2, 0.25) is 5.91 Å². The molecule has 0 bridgehead atoms. The van der Waals surface area contributed by atoms with Crippen molar-refractivity contribution in [3.05, 3.63) is 0 Å². The molecule has 2 fully saturated rings. The van der Waals surface area contributed by atoms with Crippen LogP contribution in [0.4, 0.5) is 13.2 Å². The molecule has 2 N–H and O–H groups in total. The summed E-state index contributed by atoms with van der Waals surface area (Å²) in [5, 5.41) is 5.62. The first-order valence-corrected chi connectivity index (χ1v) is 6.59. The fourth-order valence-corrected chi connectivity index (χ4v) is 2.91. The van der Waals surface area contributed by atoms with Gasteiger partial charge in [-0.2, -0.15) is 13.2 Å². The molecule has 1 aliphatic carbocycles. The third-order valence-electron chi connectivity index (χ3n) is 3.89. The number of halogens is 3. The van der Waals surface area contributed by atoms with Crippen molar-refractivity contribution < 1.29 is 18.0 Å². The summed E-state index contributed by atoms with van der Waals surface area (Å²) in [5.74, 6) is -1.46. The van der Waals surface area contributed by atoms with Crippen molar-refractivity contribution in [1.29, 1.82) is 0 Å². The van der Waals surface area contributed by atoms with E-state index >= 15 is 0 Å². The summed E-state index contributed by atoms with van der Waals surface area (Å²) in [6.07, 6.45) is -0.593. The predicted molar refractivity (Wildman–Crippen MR) is 61.0 cm³/mol. The van der Waals surface area contributed by atoms with E-state index in [2.05, 4.69) is 10.6 Å². The number of amides is 1. The van der Waals surface area contributed by atoms with Gasteiger partial charge in [-0.1, -0.05) is 12.8 Å². The van der Waals surface area contributed by atoms with Crippen LogP contribution in [0.2, 0.25) is 0 Å². The van der Waals surface area contributed by atoms with Gasteiger partial charge in [0.25, 0.3) is 0 Å². The molecule has 104 valence electrons. The summed E-state index contributed by atoms with van der Waals surface area (Å²) in [7, 11) is 0. The molecule has 2 rings (SSSR count). The molecule has 3 nitrogen and oxygen atoms in total. The minimum atomic E-state index is -4.16. The van der Waals surface area contributed by atoms with Gasteiger partial charge in [-0.25, -0.2) is 0 Å². The maximum Gasteiger partial charge on any atom is 0.393 e. The minimum absolute atomic E-state index is 0.159. The maximum absolute atomic E-state index is 12.9. The molecule has 2 aliphatic rings. The summed E-state index contributed by atoms with van der Waals surface area (Å²) in [5.41, 5.74) is 0. The van der Waals surface area contributed by atoms with Gasteiger partial charge in [0.1, 0.15) is 0 Å². The third kappa shape index (κ3) is 3.16. The van der Waals surface area contributed by atoms with Gasteiger partial charge >= 0.3 is 6.18 Å². The van der Waals surface area contributed by atoms with Gasteiger partial charge in [0.15, 0.2) is 0 Å². The highest BCUT2D eigenvalue weighted by Gasteiger charge is 2.46. The summed E-state index contributed by atoms with van der Waals surface area (Å²) in [4.78, 5) is 11.6. The van der Waals surface area contributed by atoms with Crippen LogP contribution in [0.15, 0.2) is 0 Å². The molecule has 1 saturated heterocycles. The first-order valence-electron chi connectivity index (χ1n) is 6.59. The lowest BCUT2D eigenvalue weighted by molar-refractivity contribution is -0.189. The van der Waals surface area contributed by atoms with E-state index in [1.54, 1.807) is 0 Å². The predicted octanol–water partition coefficient (Wildman–Crippen LogP) is 1.98. The minimum Gasteiger partial charge on any atom is -0.355 e. The fraction of sp³-hybridized carbons (Fsp3) is 0.917. The van der Waals surface area contributed by atoms with Gasteiger partial charge in [-0.05, 0) is 25.7 Å². The molecule has 0 aromatic heterocycles. The van der Waals surface area contributed by atoms with Crippen LogP contribution in [0.3, 0.4) is 0 Å². The smallest absolute Gasteiger partial charge is 0.355 e. The summed E-state index contributed by atoms with van der Waals surface area (Å²) in [6, 6.07) is -1.06. The number of piperidine rings is 1. The molecule has 18 heavy (non-hydrogen) atoms. The van der Waals surface area contributed by atoms with Gasteiger partial charge in [0, 0.05) is 12.6 Å². The largest absolute Gasteiger partial charge is 0.393 e. The molecule has 6 heteroatoms. The highest BCUT2D eigenvalue weighted by atomic mass is 19.4. The van der Waals surface area contributed by atoms with Crippen molar-refractivity contribution in [2.24, 2.45) is 5.92 Å². The first kappa shape index (κ1) is 13.6. The second-order valence-electron chi connectivity index (χ2n) is 5.19. The van der Waals surface area contributed by atoms with Crippen LogP contribution < -0.4 is 10.6 Å². The lowest BCUT2D eigenvalue weighted by atomic mass is 9.83. The first-order chi connectivity index (χ1) is 8.48. The number of hydrogen-bond acceptors (Lipinski definition) is 2. The van der Waals surface area contributed by atoms with Gasteiger partial charge < -0.3 is 10.6 Å². The molecule has 0 spiro atoms. The number of hydrogen-bond donors (Lipinski definition) is 2. The monoisotopic (exact) mass is 264 g/mol. The Balaban J connectivity index is 1.98. The Morgan fingerprint density at radius 3 is 2.50 bits per heavy atom. The molecule has 0 aromatic rings. The molecule has 3 unspecified atom stereocenters. The quantitative estimate of drug-likeness (QED) is 0.800. The molecule has 0 radical (unpaired) electrons. The average Bonchev–Trinajstić information content (AvgIpc) is 2.31. The van der Waals surface area contributed by atoms with Crippen LogP contribution in [0.25, 0.3) is 0 Å². The Labute approximate surface area is 104 Å². The SMILES string of the molecule is O=C1NCCCC1NC1CCCCC1C(F)(F)F. The molecule has 3 atom stereocenters. The molecule has 1 saturated carbocycles. The Morgan fingerprint density at radius 1 is 1.11 bits per heavy atom. The molecule has 1 amide bonds. The third-order valence-corrected chi connectivity index (χ3v) is 3.89. The van der Waals surface area contributed by atoms with E-state index in [4.69, 9.17) is 0 Å². The Kier molecular flexibility index (Phi) is 4.14. The van der Waals surface area contributed by atoms with Crippen LogP contribution in [-0.4, -0.2) is 30.7 Å². The van der Waals surface area contributed by atoms with Crippen LogP contribution in [0.1, 0.15) is 38.5 Å². The highest BCUT2D eigenvalue weighted by molar-refractivity contribution is 5.82. The maximum atomic E-state index is 12.9. The second-order valence-corrected chi connectivity index (χ2v) is 5.19. The summed E-state index contributed by atoms with van der Waals surface area (Å²) < 4.78 is 38.7. The van der Waals surface area contributed by atoms with Crippen molar-refractivity contribution in [2.45, 2.75) is 56.8 Å². The lowest BCUT2D eigenvalue weighted by Crippen LogP contribution is -2.55. The second kappa shape index (κ2) is 5.47. The van der Waals surface area contributed by atoms with Crippen molar-refractivity contribution in [2.75, 3.05) is 6.54 Å². The van der Waals surface area contributed by atoms with E-state index in [0.717, 1.165) is 12.8 Å². The Bertz CT molecular complexity index is 306. The fourth-order valence-electron chi connectivity index (χ4n) is 2.91. The van der Waals surface area contributed by atoms with E-state index in [9.17, 15) is 18.0 Å². The van der Waals surface area contributed by atoms with Crippen molar-refractivity contribution in [3.8, 4) is 0 Å². The van der Waals surface area contributed by atoms with E-state index in [1.165, 1.54) is 0 Å². The number of nitrogens with one attached hydrogen (secondary N) is 2. The lowest BCUT2D eigenvalue weighted by Gasteiger charge is -2.36. The topological polar surface area (TPSA) is 41.1 Å². The normalized spacial score (nSPS) is 34.2. The number of carbonyl (C=O) groups is 1. The van der Waals surface area contributed by atoms with Crippen LogP contribution in [0, 0.1) is 5.92 Å². The number of rotatable bonds is 2. The van der Waals surface area contributed by atoms with Crippen molar-refractivity contribution >= 4 is 5.91 Å². The number of carbonyl (C=O) groups excluding carboxylic acids is 1. The zero-order valence-electron chi connectivity index (χ0n) is 10.2. The molecular weight excluding hydrogens is 245 g/mol. The average molecular weight is 264 g/mol. The Hall–Kier alpha value is -0.780. The molecule has 1 aliphatic heterocycles. The molecule has 1 heterocycles. The van der Waals surface area contributed by atoms with E-state index in [-0.39, 0.29) is 12.3 Å². The van der Waals surface area contributed by atoms with Crippen LogP contribution >= 0.6 is 0 Å². The zero-order valence-corrected chi connectivity index (χ0v) is 10.2. The zero-order chi connectivity index (χ0) is 13.2.